The largest absolute Gasteiger partial charge is 0.214 e. The quantitative estimate of drug-likeness (QED) is 0.317. The maximum absolute atomic E-state index is 10.2. The molecule has 0 bridgehead atoms. The van der Waals surface area contributed by atoms with E-state index in [9.17, 15) is 8.42 Å². The predicted molar refractivity (Wildman–Crippen MR) is 62.5 cm³/mol. The summed E-state index contributed by atoms with van der Waals surface area (Å²) < 4.78 is 20.4. The lowest BCUT2D eigenvalue weighted by Gasteiger charge is -1.96. The molecule has 14 heavy (non-hydrogen) atoms. The van der Waals surface area contributed by atoms with Gasteiger partial charge in [-0.3, -0.25) is 0 Å². The molecule has 0 saturated carbocycles. The molecular weight excluding hydrogens is 220 g/mol. The van der Waals surface area contributed by atoms with Gasteiger partial charge >= 0.3 is 0 Å². The summed E-state index contributed by atoms with van der Waals surface area (Å²) in [6, 6.07) is 0. The average molecular weight is 235 g/mol. The van der Waals surface area contributed by atoms with Crippen molar-refractivity contribution in [1.82, 2.24) is 0 Å². The second-order valence-electron chi connectivity index (χ2n) is 3.13. The van der Waals surface area contributed by atoms with Gasteiger partial charge in [-0.05, 0) is 32.8 Å². The van der Waals surface area contributed by atoms with Gasteiger partial charge in [0.05, 0.1) is 5.37 Å². The molecule has 0 aromatic carbocycles. The van der Waals surface area contributed by atoms with Crippen LogP contribution in [0.2, 0.25) is 0 Å². The highest BCUT2D eigenvalue weighted by molar-refractivity contribution is 7.71. The van der Waals surface area contributed by atoms with Crippen molar-refractivity contribution in [2.24, 2.45) is 0 Å². The Labute approximate surface area is 91.8 Å². The smallest absolute Gasteiger partial charge is 0.185 e. The molecule has 0 rings (SSSR count). The minimum absolute atomic E-state index is 0.555. The van der Waals surface area contributed by atoms with Gasteiger partial charge in [-0.1, -0.05) is 17.2 Å². The lowest BCUT2D eigenvalue weighted by atomic mass is 10.1. The molecule has 0 aromatic rings. The van der Waals surface area contributed by atoms with E-state index < -0.39 is 10.3 Å². The van der Waals surface area contributed by atoms with Gasteiger partial charge < -0.3 is 0 Å². The maximum Gasteiger partial charge on any atom is 0.214 e. The summed E-state index contributed by atoms with van der Waals surface area (Å²) in [6.45, 7) is 3.89. The van der Waals surface area contributed by atoms with Crippen LogP contribution in [0.4, 0.5) is 0 Å². The second kappa shape index (κ2) is 7.83. The van der Waals surface area contributed by atoms with Crippen molar-refractivity contribution in [1.29, 1.82) is 0 Å². The number of hydrogen-bond acceptors (Lipinski definition) is 2. The molecule has 2 nitrogen and oxygen atoms in total. The average Bonchev–Trinajstić information content (AvgIpc) is 2.14. The zero-order valence-electron chi connectivity index (χ0n) is 8.46. The van der Waals surface area contributed by atoms with Crippen molar-refractivity contribution in [2.75, 3.05) is 5.88 Å². The summed E-state index contributed by atoms with van der Waals surface area (Å²) in [7, 11) is -2.09. The molecule has 0 fully saturated rings. The highest BCUT2D eigenvalue weighted by Crippen LogP contribution is 2.06. The van der Waals surface area contributed by atoms with Gasteiger partial charge in [-0.15, -0.1) is 11.6 Å². The van der Waals surface area contributed by atoms with Crippen LogP contribution in [0.1, 0.15) is 26.7 Å². The molecule has 0 heterocycles. The maximum atomic E-state index is 10.2. The van der Waals surface area contributed by atoms with Crippen LogP contribution in [0.25, 0.3) is 0 Å². The van der Waals surface area contributed by atoms with Crippen LogP contribution in [-0.2, 0) is 10.3 Å². The summed E-state index contributed by atoms with van der Waals surface area (Å²) >= 11 is 5.60. The Morgan fingerprint density at radius 3 is 2.43 bits per heavy atom. The monoisotopic (exact) mass is 234 g/mol. The summed E-state index contributed by atoms with van der Waals surface area (Å²) in [5, 5.41) is 1.16. The normalized spacial score (nSPS) is 12.8. The molecule has 0 aromatic heterocycles. The first-order valence-electron chi connectivity index (χ1n) is 4.36. The van der Waals surface area contributed by atoms with E-state index in [1.54, 1.807) is 6.08 Å². The van der Waals surface area contributed by atoms with Crippen LogP contribution in [0, 0.1) is 0 Å². The van der Waals surface area contributed by atoms with E-state index in [0.29, 0.717) is 5.88 Å². The SMILES string of the molecule is CC(=CCCC(C)=CC=S(=O)=O)CCl. The summed E-state index contributed by atoms with van der Waals surface area (Å²) in [4.78, 5) is 0. The van der Waals surface area contributed by atoms with Gasteiger partial charge in [0.2, 0.25) is 10.3 Å². The zero-order valence-corrected chi connectivity index (χ0v) is 10.0. The zero-order chi connectivity index (χ0) is 11.0. The highest BCUT2D eigenvalue weighted by atomic mass is 35.5. The van der Waals surface area contributed by atoms with E-state index in [4.69, 9.17) is 11.6 Å². The van der Waals surface area contributed by atoms with Crippen molar-refractivity contribution < 1.29 is 8.42 Å². The van der Waals surface area contributed by atoms with Crippen LogP contribution in [0.5, 0.6) is 0 Å². The first-order valence-corrected chi connectivity index (χ1v) is 6.03. The van der Waals surface area contributed by atoms with E-state index in [-0.39, 0.29) is 0 Å². The Morgan fingerprint density at radius 2 is 1.93 bits per heavy atom. The van der Waals surface area contributed by atoms with Gasteiger partial charge in [-0.2, -0.15) is 8.42 Å². The van der Waals surface area contributed by atoms with Gasteiger partial charge in [0, 0.05) is 5.88 Å². The van der Waals surface area contributed by atoms with Crippen LogP contribution in [-0.4, -0.2) is 19.7 Å². The third-order valence-corrected chi connectivity index (χ3v) is 2.49. The molecule has 80 valence electrons. The lowest BCUT2D eigenvalue weighted by Crippen LogP contribution is -1.81. The number of allylic oxidation sites excluding steroid dienone is 4. The van der Waals surface area contributed by atoms with E-state index in [1.807, 2.05) is 13.8 Å². The number of hydrogen-bond donors (Lipinski definition) is 0. The summed E-state index contributed by atoms with van der Waals surface area (Å²) in [5.74, 6) is 0.555. The van der Waals surface area contributed by atoms with E-state index in [2.05, 4.69) is 6.08 Å². The molecular formula is C10H15ClO2S. The van der Waals surface area contributed by atoms with Gasteiger partial charge in [0.15, 0.2) is 0 Å². The molecule has 0 unspecified atom stereocenters. The molecule has 0 spiro atoms. The van der Waals surface area contributed by atoms with Crippen LogP contribution < -0.4 is 0 Å². The summed E-state index contributed by atoms with van der Waals surface area (Å²) in [6.07, 6.45) is 5.45. The number of alkyl halides is 1. The number of halogens is 1. The van der Waals surface area contributed by atoms with Crippen molar-refractivity contribution in [3.05, 3.63) is 23.3 Å². The third-order valence-electron chi connectivity index (χ3n) is 1.71. The highest BCUT2D eigenvalue weighted by Gasteiger charge is 1.89. The Kier molecular flexibility index (Phi) is 7.52. The molecule has 0 aliphatic heterocycles. The van der Waals surface area contributed by atoms with Crippen molar-refractivity contribution in [2.45, 2.75) is 26.7 Å². The topological polar surface area (TPSA) is 34.1 Å². The van der Waals surface area contributed by atoms with Crippen molar-refractivity contribution in [3.63, 3.8) is 0 Å². The fraction of sp³-hybridized carbons (Fsp3) is 0.500. The fourth-order valence-corrected chi connectivity index (χ4v) is 1.31. The van der Waals surface area contributed by atoms with Crippen molar-refractivity contribution >= 4 is 27.3 Å². The molecule has 0 aliphatic carbocycles. The second-order valence-corrected chi connectivity index (χ2v) is 4.19. The van der Waals surface area contributed by atoms with Crippen molar-refractivity contribution in [3.8, 4) is 0 Å². The summed E-state index contributed by atoms with van der Waals surface area (Å²) in [5.41, 5.74) is 2.20. The Morgan fingerprint density at radius 1 is 1.29 bits per heavy atom. The minimum Gasteiger partial charge on any atom is -0.185 e. The van der Waals surface area contributed by atoms with Crippen LogP contribution >= 0.6 is 11.6 Å². The standard InChI is InChI=1S/C10H15ClO2S/c1-9(6-7-14(12)13)4-3-5-10(2)8-11/h5-7H,3-4,8H2,1-2H3. The van der Waals surface area contributed by atoms with Crippen LogP contribution in [0.3, 0.4) is 0 Å². The third kappa shape index (κ3) is 8.08. The fourth-order valence-electron chi connectivity index (χ4n) is 0.856. The lowest BCUT2D eigenvalue weighted by molar-refractivity contribution is 0.627. The molecule has 0 N–H and O–H groups in total. The first-order chi connectivity index (χ1) is 6.56. The van der Waals surface area contributed by atoms with Gasteiger partial charge in [0.1, 0.15) is 0 Å². The molecule has 0 saturated heterocycles. The minimum atomic E-state index is -2.09. The Hall–Kier alpha value is -0.540. The molecule has 0 radical (unpaired) electrons. The Bertz CT molecular complexity index is 342. The predicted octanol–water partition coefficient (Wildman–Crippen LogP) is 2.58. The van der Waals surface area contributed by atoms with Gasteiger partial charge in [-0.25, -0.2) is 0 Å². The van der Waals surface area contributed by atoms with E-state index in [1.165, 1.54) is 0 Å². The van der Waals surface area contributed by atoms with Gasteiger partial charge in [0.25, 0.3) is 0 Å². The number of rotatable bonds is 5. The van der Waals surface area contributed by atoms with Crippen LogP contribution in [0.15, 0.2) is 23.3 Å². The molecule has 0 aliphatic rings. The van der Waals surface area contributed by atoms with E-state index >= 15 is 0 Å². The first kappa shape index (κ1) is 13.5. The molecule has 4 heteroatoms. The van der Waals surface area contributed by atoms with E-state index in [0.717, 1.165) is 29.4 Å². The molecule has 0 atom stereocenters. The Balaban J connectivity index is 4.03. The molecule has 0 amide bonds.